The zero-order valence-corrected chi connectivity index (χ0v) is 10.4. The molecule has 1 aromatic carbocycles. The van der Waals surface area contributed by atoms with Crippen LogP contribution in [-0.2, 0) is 0 Å². The van der Waals surface area contributed by atoms with Crippen molar-refractivity contribution in [3.05, 3.63) is 29.6 Å². The average molecular weight is 250 g/mol. The number of rotatable bonds is 2. The maximum absolute atomic E-state index is 13.0. The van der Waals surface area contributed by atoms with Crippen LogP contribution in [0, 0.1) is 5.82 Å². The van der Waals surface area contributed by atoms with Crippen LogP contribution >= 0.6 is 0 Å². The van der Waals surface area contributed by atoms with Crippen LogP contribution in [0.25, 0.3) is 0 Å². The molecule has 1 aliphatic carbocycles. The summed E-state index contributed by atoms with van der Waals surface area (Å²) in [5.41, 5.74) is 5.91. The Labute approximate surface area is 107 Å². The molecule has 0 radical (unpaired) electrons. The molecule has 98 valence electrons. The van der Waals surface area contributed by atoms with Crippen LogP contribution in [-0.4, -0.2) is 11.9 Å². The molecule has 0 saturated heterocycles. The van der Waals surface area contributed by atoms with Gasteiger partial charge in [-0.05, 0) is 31.0 Å². The Morgan fingerprint density at radius 2 is 1.89 bits per heavy atom. The van der Waals surface area contributed by atoms with Gasteiger partial charge >= 0.3 is 0 Å². The first-order chi connectivity index (χ1) is 8.66. The molecule has 1 amide bonds. The Kier molecular flexibility index (Phi) is 4.18. The van der Waals surface area contributed by atoms with E-state index in [0.717, 1.165) is 25.7 Å². The van der Waals surface area contributed by atoms with Crippen LogP contribution in [0.3, 0.4) is 0 Å². The Balaban J connectivity index is 1.99. The van der Waals surface area contributed by atoms with E-state index in [2.05, 4.69) is 5.32 Å². The summed E-state index contributed by atoms with van der Waals surface area (Å²) in [6.45, 7) is 0. The highest BCUT2D eigenvalue weighted by Gasteiger charge is 2.16. The minimum absolute atomic E-state index is 0.0171. The first-order valence-electron chi connectivity index (χ1n) is 6.52. The largest absolute Gasteiger partial charge is 0.396 e. The summed E-state index contributed by atoms with van der Waals surface area (Å²) < 4.78 is 13.0. The molecule has 1 fully saturated rings. The number of nitrogen functional groups attached to an aromatic ring is 1. The number of nitrogens with two attached hydrogens (primary N) is 1. The molecule has 0 heterocycles. The van der Waals surface area contributed by atoms with E-state index in [0.29, 0.717) is 5.56 Å². The van der Waals surface area contributed by atoms with E-state index in [9.17, 15) is 9.18 Å². The highest BCUT2D eigenvalue weighted by atomic mass is 19.1. The fourth-order valence-electron chi connectivity index (χ4n) is 2.38. The Hall–Kier alpha value is -1.58. The lowest BCUT2D eigenvalue weighted by atomic mass is 10.1. The third kappa shape index (κ3) is 3.22. The molecule has 2 rings (SSSR count). The second-order valence-corrected chi connectivity index (χ2v) is 4.90. The van der Waals surface area contributed by atoms with E-state index in [-0.39, 0.29) is 17.6 Å². The summed E-state index contributed by atoms with van der Waals surface area (Å²) in [5.74, 6) is -0.644. The third-order valence-electron chi connectivity index (χ3n) is 3.45. The number of carbonyl (C=O) groups excluding carboxylic acids is 1. The second kappa shape index (κ2) is 5.85. The van der Waals surface area contributed by atoms with Crippen molar-refractivity contribution in [2.75, 3.05) is 5.73 Å². The van der Waals surface area contributed by atoms with E-state index >= 15 is 0 Å². The van der Waals surface area contributed by atoms with Gasteiger partial charge in [0.05, 0.1) is 5.69 Å². The Bertz CT molecular complexity index is 426. The van der Waals surface area contributed by atoms with Crippen molar-refractivity contribution in [2.24, 2.45) is 0 Å². The van der Waals surface area contributed by atoms with Crippen LogP contribution in [0.15, 0.2) is 18.2 Å². The van der Waals surface area contributed by atoms with Gasteiger partial charge in [-0.25, -0.2) is 4.39 Å². The van der Waals surface area contributed by atoms with E-state index in [4.69, 9.17) is 5.73 Å². The SMILES string of the molecule is Nc1cc(C(=O)NC2CCCCCC2)ccc1F. The molecule has 18 heavy (non-hydrogen) atoms. The van der Waals surface area contributed by atoms with Gasteiger partial charge in [-0.15, -0.1) is 0 Å². The molecule has 3 nitrogen and oxygen atoms in total. The number of hydrogen-bond acceptors (Lipinski definition) is 2. The molecule has 4 heteroatoms. The monoisotopic (exact) mass is 250 g/mol. The summed E-state index contributed by atoms with van der Waals surface area (Å²) in [5, 5.41) is 3.00. The number of hydrogen-bond donors (Lipinski definition) is 2. The van der Waals surface area contributed by atoms with Crippen molar-refractivity contribution < 1.29 is 9.18 Å². The lowest BCUT2D eigenvalue weighted by molar-refractivity contribution is 0.0933. The summed E-state index contributed by atoms with van der Waals surface area (Å²) in [4.78, 5) is 12.0. The zero-order valence-electron chi connectivity index (χ0n) is 10.4. The minimum atomic E-state index is -0.485. The molecule has 0 unspecified atom stereocenters. The van der Waals surface area contributed by atoms with Crippen LogP contribution in [0.1, 0.15) is 48.9 Å². The van der Waals surface area contributed by atoms with Crippen LogP contribution < -0.4 is 11.1 Å². The standard InChI is InChI=1S/C14H19FN2O/c15-12-8-7-10(9-13(12)16)14(18)17-11-5-3-1-2-4-6-11/h7-9,11H,1-6,16H2,(H,17,18). The third-order valence-corrected chi connectivity index (χ3v) is 3.45. The van der Waals surface area contributed by atoms with Gasteiger partial charge in [0.1, 0.15) is 5.82 Å². The van der Waals surface area contributed by atoms with E-state index < -0.39 is 5.82 Å². The minimum Gasteiger partial charge on any atom is -0.396 e. The fraction of sp³-hybridized carbons (Fsp3) is 0.500. The van der Waals surface area contributed by atoms with Crippen molar-refractivity contribution in [3.8, 4) is 0 Å². The first-order valence-corrected chi connectivity index (χ1v) is 6.52. The maximum Gasteiger partial charge on any atom is 0.251 e. The van der Waals surface area contributed by atoms with Crippen molar-refractivity contribution in [1.29, 1.82) is 0 Å². The summed E-state index contributed by atoms with van der Waals surface area (Å²) in [7, 11) is 0. The topological polar surface area (TPSA) is 55.1 Å². The molecule has 1 aliphatic rings. The second-order valence-electron chi connectivity index (χ2n) is 4.90. The molecule has 3 N–H and O–H groups in total. The summed E-state index contributed by atoms with van der Waals surface area (Å²) >= 11 is 0. The van der Waals surface area contributed by atoms with Crippen molar-refractivity contribution in [1.82, 2.24) is 5.32 Å². The smallest absolute Gasteiger partial charge is 0.251 e. The van der Waals surface area contributed by atoms with Crippen molar-refractivity contribution in [2.45, 2.75) is 44.6 Å². The van der Waals surface area contributed by atoms with E-state index in [1.54, 1.807) is 0 Å². The lowest BCUT2D eigenvalue weighted by Crippen LogP contribution is -2.34. The molecule has 0 bridgehead atoms. The van der Waals surface area contributed by atoms with Crippen molar-refractivity contribution in [3.63, 3.8) is 0 Å². The van der Waals surface area contributed by atoms with Gasteiger partial charge in [0, 0.05) is 11.6 Å². The van der Waals surface area contributed by atoms with Crippen LogP contribution in [0.5, 0.6) is 0 Å². The Morgan fingerprint density at radius 1 is 1.22 bits per heavy atom. The van der Waals surface area contributed by atoms with Gasteiger partial charge in [0.25, 0.3) is 5.91 Å². The number of halogens is 1. The normalized spacial score (nSPS) is 17.2. The van der Waals surface area contributed by atoms with Crippen LogP contribution in [0.2, 0.25) is 0 Å². The van der Waals surface area contributed by atoms with Gasteiger partial charge in [0.15, 0.2) is 0 Å². The van der Waals surface area contributed by atoms with Gasteiger partial charge in [-0.1, -0.05) is 25.7 Å². The Morgan fingerprint density at radius 3 is 2.50 bits per heavy atom. The number of amides is 1. The molecule has 0 spiro atoms. The number of nitrogens with one attached hydrogen (secondary N) is 1. The van der Waals surface area contributed by atoms with Gasteiger partial charge in [-0.2, -0.15) is 0 Å². The van der Waals surface area contributed by atoms with Crippen LogP contribution in [0.4, 0.5) is 10.1 Å². The van der Waals surface area contributed by atoms with Gasteiger partial charge in [-0.3, -0.25) is 4.79 Å². The molecule has 0 aromatic heterocycles. The average Bonchev–Trinajstić information content (AvgIpc) is 2.61. The molecule has 1 aromatic rings. The van der Waals surface area contributed by atoms with E-state index in [1.807, 2.05) is 0 Å². The molecule has 0 aliphatic heterocycles. The summed E-state index contributed by atoms with van der Waals surface area (Å²) in [6.07, 6.45) is 6.88. The molecule has 1 saturated carbocycles. The predicted molar refractivity (Wildman–Crippen MR) is 69.8 cm³/mol. The van der Waals surface area contributed by atoms with Gasteiger partial charge in [0.2, 0.25) is 0 Å². The maximum atomic E-state index is 13.0. The highest BCUT2D eigenvalue weighted by molar-refractivity contribution is 5.95. The fourth-order valence-corrected chi connectivity index (χ4v) is 2.38. The molecule has 0 atom stereocenters. The van der Waals surface area contributed by atoms with Gasteiger partial charge < -0.3 is 11.1 Å². The first kappa shape index (κ1) is 12.9. The lowest BCUT2D eigenvalue weighted by Gasteiger charge is -2.16. The molecular weight excluding hydrogens is 231 g/mol. The number of anilines is 1. The number of carbonyl (C=O) groups is 1. The zero-order chi connectivity index (χ0) is 13.0. The predicted octanol–water partition coefficient (Wildman–Crippen LogP) is 2.86. The van der Waals surface area contributed by atoms with Crippen molar-refractivity contribution >= 4 is 11.6 Å². The highest BCUT2D eigenvalue weighted by Crippen LogP contribution is 2.18. The van der Waals surface area contributed by atoms with E-state index in [1.165, 1.54) is 31.0 Å². The quantitative estimate of drug-likeness (QED) is 0.626. The number of benzene rings is 1. The molecular formula is C14H19FN2O. The summed E-state index contributed by atoms with van der Waals surface area (Å²) in [6, 6.07) is 4.34.